The minimum atomic E-state index is -0.695. The first kappa shape index (κ1) is 16.1. The van der Waals surface area contributed by atoms with E-state index in [1.54, 1.807) is 4.90 Å². The predicted octanol–water partition coefficient (Wildman–Crippen LogP) is 1.34. The molecule has 120 valence electrons. The number of ether oxygens (including phenoxy) is 1. The molecule has 1 aromatic carbocycles. The fourth-order valence-electron chi connectivity index (χ4n) is 2.41. The number of carbonyl (C=O) groups excluding carboxylic acids is 2. The number of rotatable bonds is 3. The number of aliphatic hydroxyl groups excluding tert-OH is 1. The van der Waals surface area contributed by atoms with Crippen LogP contribution in [0.4, 0.5) is 9.59 Å². The molecule has 1 heterocycles. The van der Waals surface area contributed by atoms with Crippen molar-refractivity contribution in [3.05, 3.63) is 35.9 Å². The first-order valence-corrected chi connectivity index (χ1v) is 7.24. The first-order chi connectivity index (χ1) is 10.6. The lowest BCUT2D eigenvalue weighted by molar-refractivity contribution is 0.0949. The van der Waals surface area contributed by atoms with Gasteiger partial charge in [0.15, 0.2) is 0 Å². The number of hydrazine groups is 1. The highest BCUT2D eigenvalue weighted by Gasteiger charge is 2.30. The third-order valence-corrected chi connectivity index (χ3v) is 3.59. The summed E-state index contributed by atoms with van der Waals surface area (Å²) in [6.07, 6.45) is 0.928. The fourth-order valence-corrected chi connectivity index (χ4v) is 2.41. The second-order valence-electron chi connectivity index (χ2n) is 5.19. The van der Waals surface area contributed by atoms with Crippen LogP contribution in [0.3, 0.4) is 0 Å². The van der Waals surface area contributed by atoms with Crippen molar-refractivity contribution < 1.29 is 19.4 Å². The van der Waals surface area contributed by atoms with Gasteiger partial charge in [-0.25, -0.2) is 20.0 Å². The molecule has 1 saturated heterocycles. The lowest BCUT2D eigenvalue weighted by Gasteiger charge is -2.28. The van der Waals surface area contributed by atoms with Crippen LogP contribution in [0.5, 0.6) is 0 Å². The van der Waals surface area contributed by atoms with Crippen LogP contribution in [-0.4, -0.2) is 53.4 Å². The van der Waals surface area contributed by atoms with Gasteiger partial charge in [0.05, 0.1) is 12.6 Å². The van der Waals surface area contributed by atoms with E-state index in [1.807, 2.05) is 30.3 Å². The third kappa shape index (κ3) is 4.11. The average molecular weight is 307 g/mol. The number of hydrogen-bond acceptors (Lipinski definition) is 4. The first-order valence-electron chi connectivity index (χ1n) is 7.24. The van der Waals surface area contributed by atoms with Crippen LogP contribution in [0.25, 0.3) is 0 Å². The van der Waals surface area contributed by atoms with E-state index < -0.39 is 6.09 Å². The van der Waals surface area contributed by atoms with Crippen molar-refractivity contribution in [1.29, 1.82) is 0 Å². The van der Waals surface area contributed by atoms with Crippen molar-refractivity contribution in [3.63, 3.8) is 0 Å². The Kier molecular flexibility index (Phi) is 5.60. The number of amides is 3. The fraction of sp³-hybridized carbons (Fsp3) is 0.467. The molecule has 0 aliphatic carbocycles. The normalized spacial score (nSPS) is 17.2. The highest BCUT2D eigenvalue weighted by molar-refractivity contribution is 5.78. The van der Waals surface area contributed by atoms with Gasteiger partial charge in [-0.05, 0) is 18.4 Å². The second kappa shape index (κ2) is 7.65. The van der Waals surface area contributed by atoms with Crippen LogP contribution in [0.15, 0.2) is 30.3 Å². The van der Waals surface area contributed by atoms with Crippen LogP contribution < -0.4 is 5.43 Å². The van der Waals surface area contributed by atoms with E-state index in [4.69, 9.17) is 4.74 Å². The molecule has 1 fully saturated rings. The molecule has 0 radical (unpaired) electrons. The molecule has 2 rings (SSSR count). The minimum absolute atomic E-state index is 0.0714. The molecular formula is C15H21N3O4. The van der Waals surface area contributed by atoms with Crippen molar-refractivity contribution in [3.8, 4) is 0 Å². The van der Waals surface area contributed by atoms with Crippen molar-refractivity contribution in [2.24, 2.45) is 0 Å². The smallest absolute Gasteiger partial charge is 0.426 e. The number of hydrogen-bond donors (Lipinski definition) is 2. The molecule has 7 heteroatoms. The summed E-state index contributed by atoms with van der Waals surface area (Å²) in [5.41, 5.74) is 3.24. The Bertz CT molecular complexity index is 509. The molecule has 2 N–H and O–H groups in total. The van der Waals surface area contributed by atoms with Crippen molar-refractivity contribution >= 4 is 12.1 Å². The Morgan fingerprint density at radius 2 is 2.14 bits per heavy atom. The summed E-state index contributed by atoms with van der Waals surface area (Å²) in [5.74, 6) is 0. The number of carbonyl (C=O) groups is 2. The Labute approximate surface area is 129 Å². The molecule has 0 aromatic heterocycles. The van der Waals surface area contributed by atoms with Crippen LogP contribution >= 0.6 is 0 Å². The topological polar surface area (TPSA) is 82.1 Å². The van der Waals surface area contributed by atoms with Gasteiger partial charge in [-0.3, -0.25) is 0 Å². The maximum atomic E-state index is 12.2. The van der Waals surface area contributed by atoms with Gasteiger partial charge in [-0.2, -0.15) is 0 Å². The zero-order valence-corrected chi connectivity index (χ0v) is 12.6. The van der Waals surface area contributed by atoms with Crippen LogP contribution in [0, 0.1) is 0 Å². The summed E-state index contributed by atoms with van der Waals surface area (Å²) in [7, 11) is 1.46. The lowest BCUT2D eigenvalue weighted by Crippen LogP contribution is -2.51. The van der Waals surface area contributed by atoms with Crippen molar-refractivity contribution in [1.82, 2.24) is 15.3 Å². The molecule has 3 amide bonds. The van der Waals surface area contributed by atoms with E-state index >= 15 is 0 Å². The summed E-state index contributed by atoms with van der Waals surface area (Å²) in [5, 5.41) is 10.3. The molecule has 1 atom stereocenters. The quantitative estimate of drug-likeness (QED) is 0.826. The van der Waals surface area contributed by atoms with Gasteiger partial charge in [0.2, 0.25) is 0 Å². The van der Waals surface area contributed by atoms with E-state index in [9.17, 15) is 14.7 Å². The molecule has 1 aliphatic heterocycles. The predicted molar refractivity (Wildman–Crippen MR) is 79.7 cm³/mol. The van der Waals surface area contributed by atoms with Gasteiger partial charge < -0.3 is 14.7 Å². The SMILES string of the molecule is CN(NC(=O)OCc1ccccc1)C(=O)N1CCC[C@H]1CO. The summed E-state index contributed by atoms with van der Waals surface area (Å²) < 4.78 is 5.05. The van der Waals surface area contributed by atoms with E-state index in [1.165, 1.54) is 7.05 Å². The molecule has 0 bridgehead atoms. The van der Waals surface area contributed by atoms with E-state index in [0.717, 1.165) is 23.4 Å². The maximum absolute atomic E-state index is 12.2. The molecule has 1 aliphatic rings. The van der Waals surface area contributed by atoms with Gasteiger partial charge in [-0.1, -0.05) is 30.3 Å². The average Bonchev–Trinajstić information content (AvgIpc) is 3.01. The van der Waals surface area contributed by atoms with Gasteiger partial charge in [0, 0.05) is 13.6 Å². The van der Waals surface area contributed by atoms with Crippen molar-refractivity contribution in [2.45, 2.75) is 25.5 Å². The zero-order valence-electron chi connectivity index (χ0n) is 12.6. The molecule has 22 heavy (non-hydrogen) atoms. The summed E-state index contributed by atoms with van der Waals surface area (Å²) in [6, 6.07) is 8.74. The zero-order chi connectivity index (χ0) is 15.9. The largest absolute Gasteiger partial charge is 0.443 e. The Morgan fingerprint density at radius 3 is 2.82 bits per heavy atom. The van der Waals surface area contributed by atoms with Gasteiger partial charge in [0.25, 0.3) is 0 Å². The maximum Gasteiger partial charge on any atom is 0.426 e. The Balaban J connectivity index is 1.79. The monoisotopic (exact) mass is 307 g/mol. The number of urea groups is 1. The standard InChI is InChI=1S/C15H21N3O4/c1-17(15(21)18-9-5-8-13(18)10-19)16-14(20)22-11-12-6-3-2-4-7-12/h2-4,6-7,13,19H,5,8-11H2,1H3,(H,16,20)/t13-/m0/s1. The van der Waals surface area contributed by atoms with Gasteiger partial charge in [0.1, 0.15) is 6.61 Å². The highest BCUT2D eigenvalue weighted by Crippen LogP contribution is 2.17. The van der Waals surface area contributed by atoms with E-state index in [2.05, 4.69) is 5.43 Å². The second-order valence-corrected chi connectivity index (χ2v) is 5.19. The van der Waals surface area contributed by atoms with Crippen LogP contribution in [0.2, 0.25) is 0 Å². The molecule has 1 aromatic rings. The third-order valence-electron chi connectivity index (χ3n) is 3.59. The molecule has 7 nitrogen and oxygen atoms in total. The number of likely N-dealkylation sites (tertiary alicyclic amines) is 1. The van der Waals surface area contributed by atoms with Crippen LogP contribution in [-0.2, 0) is 11.3 Å². The summed E-state index contributed by atoms with van der Waals surface area (Å²) in [6.45, 7) is 0.644. The van der Waals surface area contributed by atoms with Gasteiger partial charge >= 0.3 is 12.1 Å². The summed E-state index contributed by atoms with van der Waals surface area (Å²) >= 11 is 0. The molecular weight excluding hydrogens is 286 g/mol. The van der Waals surface area contributed by atoms with Crippen LogP contribution in [0.1, 0.15) is 18.4 Å². The lowest BCUT2D eigenvalue weighted by atomic mass is 10.2. The van der Waals surface area contributed by atoms with E-state index in [-0.39, 0.29) is 25.3 Å². The number of nitrogens with one attached hydrogen (secondary N) is 1. The molecule has 0 spiro atoms. The summed E-state index contributed by atoms with van der Waals surface area (Å²) in [4.78, 5) is 25.4. The number of aliphatic hydroxyl groups is 1. The Hall–Kier alpha value is -2.28. The Morgan fingerprint density at radius 1 is 1.41 bits per heavy atom. The minimum Gasteiger partial charge on any atom is -0.443 e. The highest BCUT2D eigenvalue weighted by atomic mass is 16.6. The van der Waals surface area contributed by atoms with E-state index in [0.29, 0.717) is 6.54 Å². The molecule has 0 saturated carbocycles. The van der Waals surface area contributed by atoms with Crippen molar-refractivity contribution in [2.75, 3.05) is 20.2 Å². The number of nitrogens with zero attached hydrogens (tertiary/aromatic N) is 2. The molecule has 0 unspecified atom stereocenters. The number of benzene rings is 1. The van der Waals surface area contributed by atoms with Gasteiger partial charge in [-0.15, -0.1) is 0 Å².